The molecule has 0 heterocycles. The number of hydrogen-bond donors (Lipinski definition) is 0. The molecule has 2 aromatic carbocycles. The molecule has 0 saturated heterocycles. The van der Waals surface area contributed by atoms with E-state index in [9.17, 15) is 4.39 Å². The second-order valence-electron chi connectivity index (χ2n) is 7.54. The van der Waals surface area contributed by atoms with Crippen molar-refractivity contribution >= 4 is 28.8 Å². The second-order valence-corrected chi connectivity index (χ2v) is 7.54. The summed E-state index contributed by atoms with van der Waals surface area (Å²) in [6.45, 7) is 1.06. The monoisotopic (exact) mass is 345 g/mol. The lowest BCUT2D eigenvalue weighted by Gasteiger charge is -2.29. The Balaban J connectivity index is 0.00000169. The number of likely N-dealkylation sites (N-methyl/N-ethyl adjacent to an activating group) is 1. The van der Waals surface area contributed by atoms with Gasteiger partial charge in [0, 0.05) is 6.54 Å². The normalized spacial score (nSPS) is 23.0. The van der Waals surface area contributed by atoms with Crippen molar-refractivity contribution in [2.45, 2.75) is 25.7 Å². The summed E-state index contributed by atoms with van der Waals surface area (Å²) < 4.78 is 13.4. The number of nitrogens with zero attached hydrogens (tertiary/aromatic N) is 1. The van der Waals surface area contributed by atoms with Crippen LogP contribution in [-0.2, 0) is 0 Å². The Kier molecular flexibility index (Phi) is 4.98. The van der Waals surface area contributed by atoms with E-state index in [1.54, 1.807) is 23.3 Å². The molecule has 2 aliphatic carbocycles. The summed E-state index contributed by atoms with van der Waals surface area (Å²) in [5.41, 5.74) is 4.56. The highest BCUT2D eigenvalue weighted by Crippen LogP contribution is 2.49. The Bertz CT molecular complexity index is 781. The number of benzene rings is 2. The van der Waals surface area contributed by atoms with E-state index in [1.807, 2.05) is 6.07 Å². The molecule has 1 saturated carbocycles. The van der Waals surface area contributed by atoms with Crippen LogP contribution in [0.1, 0.15) is 31.2 Å². The minimum absolute atomic E-state index is 0. The van der Waals surface area contributed by atoms with Gasteiger partial charge in [-0.3, -0.25) is 0 Å². The molecule has 0 spiro atoms. The van der Waals surface area contributed by atoms with Crippen LogP contribution in [0.2, 0.25) is 0 Å². The molecule has 0 aromatic heterocycles. The molecule has 0 radical (unpaired) electrons. The predicted molar refractivity (Wildman–Crippen MR) is 102 cm³/mol. The van der Waals surface area contributed by atoms with Crippen molar-refractivity contribution in [3.05, 3.63) is 53.4 Å². The van der Waals surface area contributed by atoms with E-state index in [-0.39, 0.29) is 18.2 Å². The van der Waals surface area contributed by atoms with Crippen LogP contribution in [0.15, 0.2) is 42.0 Å². The maximum absolute atomic E-state index is 13.4. The van der Waals surface area contributed by atoms with Gasteiger partial charge >= 0.3 is 0 Å². The van der Waals surface area contributed by atoms with Crippen LogP contribution in [0.3, 0.4) is 0 Å². The van der Waals surface area contributed by atoms with Gasteiger partial charge in [-0.05, 0) is 91.7 Å². The van der Waals surface area contributed by atoms with Crippen molar-refractivity contribution in [3.8, 4) is 0 Å². The quantitative estimate of drug-likeness (QED) is 0.706. The van der Waals surface area contributed by atoms with Crippen molar-refractivity contribution in [2.24, 2.45) is 11.8 Å². The van der Waals surface area contributed by atoms with Gasteiger partial charge in [0.1, 0.15) is 5.82 Å². The molecular formula is C21H25ClFN. The van der Waals surface area contributed by atoms with Crippen LogP contribution in [-0.4, -0.2) is 25.5 Å². The Morgan fingerprint density at radius 3 is 2.58 bits per heavy atom. The van der Waals surface area contributed by atoms with Crippen LogP contribution in [0, 0.1) is 17.7 Å². The van der Waals surface area contributed by atoms with Gasteiger partial charge in [-0.2, -0.15) is 0 Å². The van der Waals surface area contributed by atoms with Gasteiger partial charge < -0.3 is 4.90 Å². The highest BCUT2D eigenvalue weighted by atomic mass is 35.5. The Morgan fingerprint density at radius 1 is 1.04 bits per heavy atom. The summed E-state index contributed by atoms with van der Waals surface area (Å²) in [4.78, 5) is 2.29. The Hall–Kier alpha value is -1.38. The van der Waals surface area contributed by atoms with Gasteiger partial charge in [0.25, 0.3) is 0 Å². The molecule has 0 amide bonds. The van der Waals surface area contributed by atoms with Gasteiger partial charge in [0.05, 0.1) is 0 Å². The van der Waals surface area contributed by atoms with E-state index in [1.165, 1.54) is 31.2 Å². The number of allylic oxidation sites excluding steroid dienone is 1. The Morgan fingerprint density at radius 2 is 1.79 bits per heavy atom. The summed E-state index contributed by atoms with van der Waals surface area (Å²) in [6.07, 6.45) is 5.32. The van der Waals surface area contributed by atoms with Crippen molar-refractivity contribution in [1.29, 1.82) is 0 Å². The lowest BCUT2D eigenvalue weighted by Crippen LogP contribution is -2.21. The maximum Gasteiger partial charge on any atom is 0.123 e. The fraction of sp³-hybridized carbons (Fsp3) is 0.429. The molecule has 0 N–H and O–H groups in total. The highest BCUT2D eigenvalue weighted by molar-refractivity contribution is 5.87. The minimum Gasteiger partial charge on any atom is -0.305 e. The maximum atomic E-state index is 13.4. The number of fused-ring (bicyclic) bond motifs is 3. The number of rotatable bonds is 3. The molecule has 3 heteroatoms. The zero-order chi connectivity index (χ0) is 16.0. The van der Waals surface area contributed by atoms with E-state index in [2.05, 4.69) is 37.2 Å². The van der Waals surface area contributed by atoms with Gasteiger partial charge in [0.15, 0.2) is 0 Å². The first-order valence-electron chi connectivity index (χ1n) is 8.66. The molecular weight excluding hydrogens is 321 g/mol. The largest absolute Gasteiger partial charge is 0.305 e. The summed E-state index contributed by atoms with van der Waals surface area (Å²) in [6, 6.07) is 11.6. The average Bonchev–Trinajstić information content (AvgIpc) is 2.88. The zero-order valence-corrected chi connectivity index (χ0v) is 15.2. The Labute approximate surface area is 150 Å². The first kappa shape index (κ1) is 17.4. The lowest BCUT2D eigenvalue weighted by atomic mass is 9.79. The van der Waals surface area contributed by atoms with Crippen molar-refractivity contribution in [2.75, 3.05) is 20.6 Å². The molecule has 1 nitrogen and oxygen atoms in total. The smallest absolute Gasteiger partial charge is 0.123 e. The summed E-state index contributed by atoms with van der Waals surface area (Å²) in [7, 11) is 4.31. The molecule has 2 aliphatic rings. The first-order valence-corrected chi connectivity index (χ1v) is 8.66. The van der Waals surface area contributed by atoms with Crippen LogP contribution >= 0.6 is 12.4 Å². The molecule has 1 fully saturated rings. The third-order valence-corrected chi connectivity index (χ3v) is 5.49. The fourth-order valence-electron chi connectivity index (χ4n) is 4.63. The van der Waals surface area contributed by atoms with Crippen molar-refractivity contribution in [1.82, 2.24) is 4.90 Å². The minimum atomic E-state index is -0.158. The SMILES string of the molecule is CN(C)CC1=C(c2ccc3cc(F)ccc3c2)[C@H]2CC[C@@H](C1)C2.Cl. The van der Waals surface area contributed by atoms with Crippen LogP contribution in [0.25, 0.3) is 16.3 Å². The molecule has 2 aromatic rings. The van der Waals surface area contributed by atoms with E-state index in [4.69, 9.17) is 0 Å². The fourth-order valence-corrected chi connectivity index (χ4v) is 4.63. The molecule has 0 unspecified atom stereocenters. The van der Waals surface area contributed by atoms with E-state index >= 15 is 0 Å². The van der Waals surface area contributed by atoms with Gasteiger partial charge in [-0.25, -0.2) is 4.39 Å². The standard InChI is InChI=1S/C21H24FN.ClH/c1-23(2)13-19-10-14-3-4-17(9-14)21(19)18-6-5-16-12-20(22)8-7-15(16)11-18;/h5-8,11-12,14,17H,3-4,9-10,13H2,1-2H3;1H/t14-,17+;/m1./s1. The molecule has 0 aliphatic heterocycles. The molecule has 128 valence electrons. The summed E-state index contributed by atoms with van der Waals surface area (Å²) >= 11 is 0. The van der Waals surface area contributed by atoms with Crippen LogP contribution in [0.4, 0.5) is 4.39 Å². The lowest BCUT2D eigenvalue weighted by molar-refractivity contribution is 0.413. The number of halogens is 2. The zero-order valence-electron chi connectivity index (χ0n) is 14.4. The highest BCUT2D eigenvalue weighted by Gasteiger charge is 2.35. The van der Waals surface area contributed by atoms with Crippen LogP contribution < -0.4 is 0 Å². The van der Waals surface area contributed by atoms with Crippen molar-refractivity contribution < 1.29 is 4.39 Å². The van der Waals surface area contributed by atoms with E-state index < -0.39 is 0 Å². The van der Waals surface area contributed by atoms with Gasteiger partial charge in [0.2, 0.25) is 0 Å². The average molecular weight is 346 g/mol. The molecule has 2 atom stereocenters. The number of hydrogen-bond acceptors (Lipinski definition) is 1. The van der Waals surface area contributed by atoms with E-state index in [0.717, 1.165) is 29.2 Å². The molecule has 2 bridgehead atoms. The predicted octanol–water partition coefficient (Wildman–Crippen LogP) is 5.54. The van der Waals surface area contributed by atoms with Crippen LogP contribution in [0.5, 0.6) is 0 Å². The molecule has 24 heavy (non-hydrogen) atoms. The van der Waals surface area contributed by atoms with E-state index in [0.29, 0.717) is 0 Å². The first-order chi connectivity index (χ1) is 11.1. The third kappa shape index (κ3) is 3.22. The van der Waals surface area contributed by atoms with Crippen molar-refractivity contribution in [3.63, 3.8) is 0 Å². The summed E-state index contributed by atoms with van der Waals surface area (Å²) in [5.74, 6) is 1.46. The second kappa shape index (κ2) is 6.85. The summed E-state index contributed by atoms with van der Waals surface area (Å²) in [5, 5.41) is 2.13. The van der Waals surface area contributed by atoms with Gasteiger partial charge in [-0.1, -0.05) is 23.8 Å². The topological polar surface area (TPSA) is 3.24 Å². The third-order valence-electron chi connectivity index (χ3n) is 5.49. The van der Waals surface area contributed by atoms with Gasteiger partial charge in [-0.15, -0.1) is 12.4 Å². The molecule has 4 rings (SSSR count).